The van der Waals surface area contributed by atoms with Crippen LogP contribution in [0.25, 0.3) is 0 Å². The average molecular weight is 313 g/mol. The molecule has 0 aliphatic carbocycles. The predicted molar refractivity (Wildman–Crippen MR) is 88.3 cm³/mol. The van der Waals surface area contributed by atoms with Crippen molar-refractivity contribution in [3.63, 3.8) is 0 Å². The normalized spacial score (nSPS) is 10.4. The van der Waals surface area contributed by atoms with Gasteiger partial charge in [0, 0.05) is 17.7 Å². The average Bonchev–Trinajstić information content (AvgIpc) is 2.54. The van der Waals surface area contributed by atoms with Crippen molar-refractivity contribution in [2.24, 2.45) is 0 Å². The van der Waals surface area contributed by atoms with Crippen LogP contribution in [0.15, 0.2) is 30.3 Å². The summed E-state index contributed by atoms with van der Waals surface area (Å²) in [4.78, 5) is 22.5. The van der Waals surface area contributed by atoms with Crippen molar-refractivity contribution >= 4 is 11.5 Å². The van der Waals surface area contributed by atoms with Gasteiger partial charge < -0.3 is 4.74 Å². The second-order valence-corrected chi connectivity index (χ2v) is 5.58. The number of non-ortho nitro benzene ring substituents is 1. The monoisotopic (exact) mass is 313 g/mol. The number of ketones is 1. The Bertz CT molecular complexity index is 764. The number of rotatable bonds is 5. The Labute approximate surface area is 135 Å². The topological polar surface area (TPSA) is 69.4 Å². The number of benzene rings is 2. The second-order valence-electron chi connectivity index (χ2n) is 5.58. The van der Waals surface area contributed by atoms with Gasteiger partial charge in [-0.05, 0) is 68.1 Å². The lowest BCUT2D eigenvalue weighted by Crippen LogP contribution is -2.14. The summed E-state index contributed by atoms with van der Waals surface area (Å²) in [6.45, 7) is 7.86. The molecule has 0 N–H and O–H groups in total. The zero-order chi connectivity index (χ0) is 17.1. The van der Waals surface area contributed by atoms with E-state index in [1.165, 1.54) is 29.8 Å². The van der Waals surface area contributed by atoms with E-state index in [1.807, 2.05) is 33.8 Å². The van der Waals surface area contributed by atoms with E-state index < -0.39 is 4.92 Å². The molecule has 2 aromatic rings. The number of aryl methyl sites for hydroxylation is 1. The molecule has 0 radical (unpaired) electrons. The smallest absolute Gasteiger partial charge is 0.269 e. The van der Waals surface area contributed by atoms with E-state index in [0.29, 0.717) is 11.3 Å². The summed E-state index contributed by atoms with van der Waals surface area (Å²) in [5, 5.41) is 10.6. The van der Waals surface area contributed by atoms with Gasteiger partial charge in [-0.3, -0.25) is 14.9 Å². The van der Waals surface area contributed by atoms with Crippen LogP contribution in [0.1, 0.15) is 32.6 Å². The van der Waals surface area contributed by atoms with E-state index in [0.717, 1.165) is 16.7 Å². The SMILES string of the molecule is Cc1cc(C(=O)COc2ccc([N+](=O)[O-])cc2)c(C)c(C)c1C. The molecule has 0 amide bonds. The predicted octanol–water partition coefficient (Wildman–Crippen LogP) is 4.09. The first kappa shape index (κ1) is 16.7. The molecule has 0 saturated carbocycles. The molecule has 120 valence electrons. The van der Waals surface area contributed by atoms with Crippen molar-refractivity contribution in [3.05, 3.63) is 68.3 Å². The lowest BCUT2D eigenvalue weighted by atomic mass is 9.93. The van der Waals surface area contributed by atoms with E-state index in [2.05, 4.69) is 0 Å². The van der Waals surface area contributed by atoms with Crippen molar-refractivity contribution in [3.8, 4) is 5.75 Å². The molecule has 0 saturated heterocycles. The molecule has 0 heterocycles. The molecule has 0 spiro atoms. The number of nitro groups is 1. The number of nitro benzene ring substituents is 1. The van der Waals surface area contributed by atoms with Gasteiger partial charge in [0.25, 0.3) is 5.69 Å². The van der Waals surface area contributed by atoms with Crippen LogP contribution in [0, 0.1) is 37.8 Å². The van der Waals surface area contributed by atoms with Crippen LogP contribution in [0.3, 0.4) is 0 Å². The lowest BCUT2D eigenvalue weighted by Gasteiger charge is -2.14. The van der Waals surface area contributed by atoms with Crippen LogP contribution >= 0.6 is 0 Å². The Hall–Kier alpha value is -2.69. The molecule has 0 aliphatic rings. The highest BCUT2D eigenvalue weighted by molar-refractivity contribution is 5.99. The molecular weight excluding hydrogens is 294 g/mol. The largest absolute Gasteiger partial charge is 0.485 e. The summed E-state index contributed by atoms with van der Waals surface area (Å²) in [5.41, 5.74) is 4.99. The highest BCUT2D eigenvalue weighted by Gasteiger charge is 2.14. The van der Waals surface area contributed by atoms with Crippen LogP contribution in [-0.2, 0) is 0 Å². The van der Waals surface area contributed by atoms with Gasteiger partial charge in [-0.15, -0.1) is 0 Å². The summed E-state index contributed by atoms with van der Waals surface area (Å²) >= 11 is 0. The number of hydrogen-bond donors (Lipinski definition) is 0. The van der Waals surface area contributed by atoms with Crippen LogP contribution < -0.4 is 4.74 Å². The molecule has 5 heteroatoms. The second kappa shape index (κ2) is 6.60. The molecule has 0 unspecified atom stereocenters. The van der Waals surface area contributed by atoms with Gasteiger partial charge >= 0.3 is 0 Å². The molecule has 2 rings (SSSR count). The number of carbonyl (C=O) groups excluding carboxylic acids is 1. The van der Waals surface area contributed by atoms with Crippen LogP contribution in [0.2, 0.25) is 0 Å². The van der Waals surface area contributed by atoms with Crippen molar-refractivity contribution in [2.75, 3.05) is 6.61 Å². The van der Waals surface area contributed by atoms with E-state index in [-0.39, 0.29) is 18.1 Å². The molecule has 0 aliphatic heterocycles. The van der Waals surface area contributed by atoms with Gasteiger partial charge in [0.2, 0.25) is 0 Å². The molecule has 0 fully saturated rings. The van der Waals surface area contributed by atoms with Gasteiger partial charge in [0.05, 0.1) is 4.92 Å². The number of hydrogen-bond acceptors (Lipinski definition) is 4. The maximum atomic E-state index is 12.4. The molecule has 0 aromatic heterocycles. The summed E-state index contributed by atoms with van der Waals surface area (Å²) in [5.74, 6) is 0.328. The third-order valence-electron chi connectivity index (χ3n) is 4.20. The van der Waals surface area contributed by atoms with Crippen molar-refractivity contribution < 1.29 is 14.5 Å². The Morgan fingerprint density at radius 3 is 2.22 bits per heavy atom. The summed E-state index contributed by atoms with van der Waals surface area (Å²) in [6, 6.07) is 7.57. The minimum atomic E-state index is -0.476. The van der Waals surface area contributed by atoms with Gasteiger partial charge in [0.15, 0.2) is 12.4 Å². The van der Waals surface area contributed by atoms with Crippen molar-refractivity contribution in [2.45, 2.75) is 27.7 Å². The fraction of sp³-hybridized carbons (Fsp3) is 0.278. The van der Waals surface area contributed by atoms with Crippen LogP contribution in [-0.4, -0.2) is 17.3 Å². The summed E-state index contributed by atoms with van der Waals surface area (Å²) < 4.78 is 5.45. The number of nitrogens with zero attached hydrogens (tertiary/aromatic N) is 1. The highest BCUT2D eigenvalue weighted by atomic mass is 16.6. The van der Waals surface area contributed by atoms with Gasteiger partial charge in [0.1, 0.15) is 5.75 Å². The molecule has 23 heavy (non-hydrogen) atoms. The van der Waals surface area contributed by atoms with E-state index in [1.54, 1.807) is 0 Å². The fourth-order valence-electron chi connectivity index (χ4n) is 2.39. The zero-order valence-electron chi connectivity index (χ0n) is 13.7. The van der Waals surface area contributed by atoms with E-state index >= 15 is 0 Å². The maximum Gasteiger partial charge on any atom is 0.269 e. The minimum absolute atomic E-state index is 0.00990. The Morgan fingerprint density at radius 2 is 1.65 bits per heavy atom. The quantitative estimate of drug-likeness (QED) is 0.473. The first-order valence-electron chi connectivity index (χ1n) is 7.29. The van der Waals surface area contributed by atoms with Gasteiger partial charge in [-0.1, -0.05) is 0 Å². The summed E-state index contributed by atoms with van der Waals surface area (Å²) in [6.07, 6.45) is 0. The lowest BCUT2D eigenvalue weighted by molar-refractivity contribution is -0.384. The van der Waals surface area contributed by atoms with E-state index in [4.69, 9.17) is 4.74 Å². The molecule has 0 bridgehead atoms. The first-order valence-corrected chi connectivity index (χ1v) is 7.29. The molecule has 2 aromatic carbocycles. The zero-order valence-corrected chi connectivity index (χ0v) is 13.7. The highest BCUT2D eigenvalue weighted by Crippen LogP contribution is 2.22. The Balaban J connectivity index is 2.12. The van der Waals surface area contributed by atoms with Crippen molar-refractivity contribution in [1.29, 1.82) is 0 Å². The number of ether oxygens (including phenoxy) is 1. The van der Waals surface area contributed by atoms with Crippen LogP contribution in [0.4, 0.5) is 5.69 Å². The van der Waals surface area contributed by atoms with Crippen molar-refractivity contribution in [1.82, 2.24) is 0 Å². The van der Waals surface area contributed by atoms with Gasteiger partial charge in [-0.2, -0.15) is 0 Å². The third kappa shape index (κ3) is 3.56. The Morgan fingerprint density at radius 1 is 1.04 bits per heavy atom. The minimum Gasteiger partial charge on any atom is -0.485 e. The Kier molecular flexibility index (Phi) is 4.79. The number of carbonyl (C=O) groups is 1. The first-order chi connectivity index (χ1) is 10.8. The standard InChI is InChI=1S/C18H19NO4/c1-11-9-17(14(4)13(3)12(11)2)18(20)10-23-16-7-5-15(6-8-16)19(21)22/h5-9H,10H2,1-4H3. The van der Waals surface area contributed by atoms with Crippen LogP contribution in [0.5, 0.6) is 5.75 Å². The third-order valence-corrected chi connectivity index (χ3v) is 4.20. The maximum absolute atomic E-state index is 12.4. The molecule has 5 nitrogen and oxygen atoms in total. The molecule has 0 atom stereocenters. The van der Waals surface area contributed by atoms with Gasteiger partial charge in [-0.25, -0.2) is 0 Å². The summed E-state index contributed by atoms with van der Waals surface area (Å²) in [7, 11) is 0. The number of Topliss-reactive ketones (excluding diaryl/α,β-unsaturated/α-hetero) is 1. The van der Waals surface area contributed by atoms with E-state index in [9.17, 15) is 14.9 Å². The fourth-order valence-corrected chi connectivity index (χ4v) is 2.39. The molecular formula is C18H19NO4.